The van der Waals surface area contributed by atoms with Gasteiger partial charge in [0, 0.05) is 40.7 Å². The minimum atomic E-state index is -1.96. The normalized spacial score (nSPS) is 24.3. The number of carbonyl (C=O) groups excluding carboxylic acids is 4. The Hall–Kier alpha value is -2.16. The Labute approximate surface area is 229 Å². The van der Waals surface area contributed by atoms with Crippen molar-refractivity contribution in [2.24, 2.45) is 5.16 Å². The van der Waals surface area contributed by atoms with E-state index in [9.17, 15) is 24.4 Å². The predicted molar refractivity (Wildman–Crippen MR) is 141 cm³/mol. The second-order valence-corrected chi connectivity index (χ2v) is 16.4. The summed E-state index contributed by atoms with van der Waals surface area (Å²) >= 11 is 0.953. The van der Waals surface area contributed by atoms with Crippen LogP contribution in [0.2, 0.25) is 18.1 Å². The van der Waals surface area contributed by atoms with Crippen molar-refractivity contribution < 1.29 is 52.5 Å². The Morgan fingerprint density at radius 1 is 0.895 bits per heavy atom. The summed E-state index contributed by atoms with van der Waals surface area (Å²) < 4.78 is 33.5. The lowest BCUT2D eigenvalue weighted by Crippen LogP contribution is -2.61. The summed E-state index contributed by atoms with van der Waals surface area (Å²) in [6, 6.07) is 0. The van der Waals surface area contributed by atoms with Crippen LogP contribution in [0.15, 0.2) is 5.16 Å². The molecular weight excluding hydrogens is 538 g/mol. The van der Waals surface area contributed by atoms with Gasteiger partial charge in [-0.1, -0.05) is 37.7 Å². The molecule has 0 aliphatic carbocycles. The lowest BCUT2D eigenvalue weighted by molar-refractivity contribution is -0.237. The molecule has 0 unspecified atom stereocenters. The van der Waals surface area contributed by atoms with Crippen molar-refractivity contribution in [2.45, 2.75) is 109 Å². The molecule has 0 saturated carbocycles. The maximum absolute atomic E-state index is 12.0. The molecule has 38 heavy (non-hydrogen) atoms. The average Bonchev–Trinajstić information content (AvgIpc) is 2.76. The van der Waals surface area contributed by atoms with Crippen LogP contribution in [0.25, 0.3) is 0 Å². The molecule has 0 aromatic rings. The van der Waals surface area contributed by atoms with Gasteiger partial charge in [-0.15, -0.1) is 0 Å². The maximum Gasteiger partial charge on any atom is 0.303 e. The van der Waals surface area contributed by atoms with Crippen molar-refractivity contribution in [3.63, 3.8) is 0 Å². The topological polar surface area (TPSA) is 156 Å². The minimum absolute atomic E-state index is 0.0456. The van der Waals surface area contributed by atoms with Crippen molar-refractivity contribution >= 4 is 49.0 Å². The molecule has 0 radical (unpaired) electrons. The van der Waals surface area contributed by atoms with E-state index < -0.39 is 62.0 Å². The van der Waals surface area contributed by atoms with Crippen molar-refractivity contribution in [2.75, 3.05) is 13.2 Å². The highest BCUT2D eigenvalue weighted by Crippen LogP contribution is 2.37. The molecule has 0 aromatic heterocycles. The summed E-state index contributed by atoms with van der Waals surface area (Å²) in [6.07, 6.45) is -3.97. The fraction of sp³-hybridized carbons (Fsp3) is 0.792. The standard InChI is InChI=1S/C24H41NO11SSi/c1-14(26)31-13-18-20(33-15(2)27)21(34-16(3)28)22(35-17(4)29)23(36-18)37-19(25-30)11-10-12-32-38(8,9)24(5,6)7/h18,20-23,30H,10-13H2,1-9H3/b25-19-/t18-,20-,21+,22-,23+/m1/s1. The van der Waals surface area contributed by atoms with Gasteiger partial charge in [0.15, 0.2) is 26.6 Å². The number of thioether (sulfide) groups is 1. The van der Waals surface area contributed by atoms with Crippen LogP contribution in [0.1, 0.15) is 61.3 Å². The zero-order valence-corrected chi connectivity index (χ0v) is 25.4. The van der Waals surface area contributed by atoms with Crippen molar-refractivity contribution in [3.05, 3.63) is 0 Å². The van der Waals surface area contributed by atoms with Gasteiger partial charge in [-0.2, -0.15) is 0 Å². The van der Waals surface area contributed by atoms with Crippen molar-refractivity contribution in [3.8, 4) is 0 Å². The van der Waals surface area contributed by atoms with Crippen LogP contribution in [0.4, 0.5) is 0 Å². The molecule has 1 rings (SSSR count). The number of hydrogen-bond donors (Lipinski definition) is 1. The summed E-state index contributed by atoms with van der Waals surface area (Å²) in [7, 11) is -1.96. The van der Waals surface area contributed by atoms with Gasteiger partial charge in [-0.3, -0.25) is 19.2 Å². The van der Waals surface area contributed by atoms with Gasteiger partial charge in [-0.05, 0) is 24.6 Å². The highest BCUT2D eigenvalue weighted by Gasteiger charge is 2.52. The number of nitrogens with zero attached hydrogens (tertiary/aromatic N) is 1. The molecule has 5 atom stereocenters. The van der Waals surface area contributed by atoms with Crippen LogP contribution in [0.3, 0.4) is 0 Å². The summed E-state index contributed by atoms with van der Waals surface area (Å²) in [5, 5.41) is 13.4. The second-order valence-electron chi connectivity index (χ2n) is 10.4. The molecule has 1 heterocycles. The van der Waals surface area contributed by atoms with E-state index in [0.29, 0.717) is 19.4 Å². The molecule has 1 N–H and O–H groups in total. The molecule has 1 saturated heterocycles. The van der Waals surface area contributed by atoms with E-state index in [4.69, 9.17) is 28.1 Å². The monoisotopic (exact) mass is 579 g/mol. The van der Waals surface area contributed by atoms with E-state index in [1.54, 1.807) is 0 Å². The van der Waals surface area contributed by atoms with E-state index in [1.165, 1.54) is 6.92 Å². The van der Waals surface area contributed by atoms with Gasteiger partial charge in [0.05, 0.1) is 0 Å². The smallest absolute Gasteiger partial charge is 0.303 e. The van der Waals surface area contributed by atoms with Gasteiger partial charge in [0.2, 0.25) is 0 Å². The molecule has 0 spiro atoms. The first-order chi connectivity index (χ1) is 17.5. The van der Waals surface area contributed by atoms with E-state index >= 15 is 0 Å². The third kappa shape index (κ3) is 10.9. The Morgan fingerprint density at radius 2 is 1.42 bits per heavy atom. The fourth-order valence-corrected chi connectivity index (χ4v) is 5.53. The molecule has 0 aromatic carbocycles. The summed E-state index contributed by atoms with van der Waals surface area (Å²) in [6.45, 7) is 15.5. The van der Waals surface area contributed by atoms with Gasteiger partial charge in [0.25, 0.3) is 0 Å². The number of esters is 4. The Bertz CT molecular complexity index is 874. The largest absolute Gasteiger partial charge is 0.463 e. The molecule has 1 aliphatic heterocycles. The summed E-state index contributed by atoms with van der Waals surface area (Å²) in [4.78, 5) is 47.2. The third-order valence-corrected chi connectivity index (χ3v) is 11.8. The van der Waals surface area contributed by atoms with Crippen LogP contribution >= 0.6 is 11.8 Å². The lowest BCUT2D eigenvalue weighted by atomic mass is 9.99. The van der Waals surface area contributed by atoms with E-state index in [-0.39, 0.29) is 16.7 Å². The van der Waals surface area contributed by atoms with Crippen LogP contribution in [0, 0.1) is 0 Å². The number of carbonyl (C=O) groups is 4. The first-order valence-corrected chi connectivity index (χ1v) is 16.1. The molecule has 1 aliphatic rings. The molecule has 1 fully saturated rings. The molecule has 0 amide bonds. The van der Waals surface area contributed by atoms with Crippen LogP contribution in [0.5, 0.6) is 0 Å². The predicted octanol–water partition coefficient (Wildman–Crippen LogP) is 3.39. The molecular formula is C24H41NO11SSi. The van der Waals surface area contributed by atoms with E-state index in [2.05, 4.69) is 39.0 Å². The second kappa shape index (κ2) is 14.8. The molecule has 14 heteroatoms. The third-order valence-electron chi connectivity index (χ3n) is 6.12. The van der Waals surface area contributed by atoms with Crippen LogP contribution < -0.4 is 0 Å². The van der Waals surface area contributed by atoms with Crippen molar-refractivity contribution in [1.82, 2.24) is 0 Å². The number of ether oxygens (including phenoxy) is 5. The average molecular weight is 580 g/mol. The Balaban J connectivity index is 3.17. The number of hydrogen-bond acceptors (Lipinski definition) is 13. The summed E-state index contributed by atoms with van der Waals surface area (Å²) in [5.74, 6) is -2.74. The zero-order valence-electron chi connectivity index (χ0n) is 23.6. The highest BCUT2D eigenvalue weighted by molar-refractivity contribution is 8.14. The number of rotatable bonds is 11. The first kappa shape index (κ1) is 33.9. The van der Waals surface area contributed by atoms with Crippen LogP contribution in [-0.2, 0) is 47.3 Å². The van der Waals surface area contributed by atoms with Gasteiger partial charge in [-0.25, -0.2) is 0 Å². The van der Waals surface area contributed by atoms with Crippen LogP contribution in [-0.4, -0.2) is 85.5 Å². The zero-order chi connectivity index (χ0) is 29.3. The summed E-state index contributed by atoms with van der Waals surface area (Å²) in [5.41, 5.74) is -1.05. The Kier molecular flexibility index (Phi) is 13.2. The van der Waals surface area contributed by atoms with Gasteiger partial charge >= 0.3 is 23.9 Å². The van der Waals surface area contributed by atoms with Crippen molar-refractivity contribution in [1.29, 1.82) is 0 Å². The van der Waals surface area contributed by atoms with E-state index in [1.807, 2.05) is 0 Å². The fourth-order valence-electron chi connectivity index (χ4n) is 3.32. The highest BCUT2D eigenvalue weighted by atomic mass is 32.2. The Morgan fingerprint density at radius 3 is 1.89 bits per heavy atom. The molecule has 12 nitrogen and oxygen atoms in total. The SMILES string of the molecule is CC(=O)OC[C@H]1O[C@@H](S/C(CCCO[Si](C)(C)C(C)(C)C)=N\O)[C@H](OC(C)=O)[C@@H](OC(C)=O)[C@@H]1OC(C)=O. The van der Waals surface area contributed by atoms with Gasteiger partial charge in [0.1, 0.15) is 23.2 Å². The first-order valence-electron chi connectivity index (χ1n) is 12.3. The van der Waals surface area contributed by atoms with E-state index in [0.717, 1.165) is 32.5 Å². The lowest BCUT2D eigenvalue weighted by Gasteiger charge is -2.44. The quantitative estimate of drug-likeness (QED) is 0.0557. The minimum Gasteiger partial charge on any atom is -0.463 e. The number of oxime groups is 1. The van der Waals surface area contributed by atoms with Gasteiger partial charge < -0.3 is 33.3 Å². The molecule has 0 bridgehead atoms. The maximum atomic E-state index is 12.0. The molecule has 218 valence electrons.